The highest BCUT2D eigenvalue weighted by Crippen LogP contribution is 2.29. The molecule has 3 rings (SSSR count). The third kappa shape index (κ3) is 7.19. The van der Waals surface area contributed by atoms with Crippen LogP contribution in [-0.2, 0) is 4.74 Å². The van der Waals surface area contributed by atoms with E-state index in [4.69, 9.17) is 4.74 Å². The third-order valence-corrected chi connectivity index (χ3v) is 5.63. The smallest absolute Gasteiger partial charge is 0.167 e. The zero-order chi connectivity index (χ0) is 24.3. The van der Waals surface area contributed by atoms with Crippen LogP contribution < -0.4 is 0 Å². The number of ether oxygens (including phenoxy) is 1. The largest absolute Gasteiger partial charge is 0.505 e. The van der Waals surface area contributed by atoms with Gasteiger partial charge in [-0.15, -0.1) is 0 Å². The Balaban J connectivity index is 1.56. The lowest BCUT2D eigenvalue weighted by molar-refractivity contribution is 0.0566. The minimum absolute atomic E-state index is 0.0200. The minimum Gasteiger partial charge on any atom is -0.505 e. The van der Waals surface area contributed by atoms with Gasteiger partial charge in [-0.3, -0.25) is 0 Å². The van der Waals surface area contributed by atoms with E-state index >= 15 is 0 Å². The Bertz CT molecular complexity index is 1070. The molecule has 0 bridgehead atoms. The van der Waals surface area contributed by atoms with E-state index in [0.29, 0.717) is 17.0 Å². The first-order valence-electron chi connectivity index (χ1n) is 11.9. The van der Waals surface area contributed by atoms with Crippen molar-refractivity contribution in [2.75, 3.05) is 6.61 Å². The number of aromatic hydroxyl groups is 1. The molecule has 0 saturated carbocycles. The van der Waals surface area contributed by atoms with Crippen LogP contribution in [0.3, 0.4) is 0 Å². The van der Waals surface area contributed by atoms with Gasteiger partial charge in [0, 0.05) is 23.3 Å². The second-order valence-corrected chi connectivity index (χ2v) is 8.39. The van der Waals surface area contributed by atoms with E-state index < -0.39 is 11.6 Å². The molecule has 0 aliphatic rings. The molecule has 2 aromatic carbocycles. The van der Waals surface area contributed by atoms with Crippen molar-refractivity contribution < 1.29 is 18.6 Å². The fraction of sp³-hybridized carbons (Fsp3) is 0.357. The van der Waals surface area contributed by atoms with Gasteiger partial charge in [-0.2, -0.15) is 0 Å². The number of rotatable bonds is 12. The van der Waals surface area contributed by atoms with Gasteiger partial charge in [-0.1, -0.05) is 68.3 Å². The molecule has 1 atom stereocenters. The van der Waals surface area contributed by atoms with Crippen LogP contribution in [-0.4, -0.2) is 27.8 Å². The molecule has 0 spiro atoms. The lowest BCUT2D eigenvalue weighted by Crippen LogP contribution is -2.08. The number of benzene rings is 2. The van der Waals surface area contributed by atoms with Gasteiger partial charge in [0.25, 0.3) is 0 Å². The van der Waals surface area contributed by atoms with Crippen LogP contribution in [0.4, 0.5) is 8.78 Å². The van der Waals surface area contributed by atoms with E-state index in [1.54, 1.807) is 42.5 Å². The average molecular weight is 467 g/mol. The highest BCUT2D eigenvalue weighted by molar-refractivity contribution is 5.70. The van der Waals surface area contributed by atoms with Crippen LogP contribution in [0.5, 0.6) is 5.75 Å². The van der Waals surface area contributed by atoms with E-state index in [1.807, 2.05) is 6.08 Å². The molecule has 180 valence electrons. The average Bonchev–Trinajstić information content (AvgIpc) is 2.85. The summed E-state index contributed by atoms with van der Waals surface area (Å²) in [4.78, 5) is 8.11. The van der Waals surface area contributed by atoms with Gasteiger partial charge in [-0.25, -0.2) is 18.7 Å². The summed E-state index contributed by atoms with van der Waals surface area (Å²) in [5, 5.41) is 9.31. The van der Waals surface area contributed by atoms with Crippen molar-refractivity contribution in [3.63, 3.8) is 0 Å². The van der Waals surface area contributed by atoms with Crippen LogP contribution in [0.25, 0.3) is 28.6 Å². The van der Waals surface area contributed by atoms with E-state index in [9.17, 15) is 13.9 Å². The molecular weight excluding hydrogens is 434 g/mol. The minimum atomic E-state index is -0.870. The van der Waals surface area contributed by atoms with Crippen molar-refractivity contribution in [1.82, 2.24) is 9.97 Å². The number of allylic oxidation sites excluding steroid dienone is 1. The number of hydrogen-bond acceptors (Lipinski definition) is 4. The maximum absolute atomic E-state index is 14.8. The summed E-state index contributed by atoms with van der Waals surface area (Å²) in [5.74, 6) is -1.31. The summed E-state index contributed by atoms with van der Waals surface area (Å²) < 4.78 is 35.3. The quantitative estimate of drug-likeness (QED) is 0.280. The highest BCUT2D eigenvalue weighted by atomic mass is 19.2. The molecule has 0 fully saturated rings. The molecule has 1 aromatic heterocycles. The van der Waals surface area contributed by atoms with Gasteiger partial charge >= 0.3 is 0 Å². The zero-order valence-corrected chi connectivity index (χ0v) is 19.8. The highest BCUT2D eigenvalue weighted by Gasteiger charge is 2.14. The maximum Gasteiger partial charge on any atom is 0.167 e. The summed E-state index contributed by atoms with van der Waals surface area (Å²) in [6.07, 6.45) is 12.5. The molecule has 1 unspecified atom stereocenters. The first-order valence-corrected chi connectivity index (χ1v) is 11.9. The Morgan fingerprint density at radius 3 is 2.35 bits per heavy atom. The maximum atomic E-state index is 14.8. The third-order valence-electron chi connectivity index (χ3n) is 5.63. The second kappa shape index (κ2) is 12.9. The first kappa shape index (κ1) is 25.5. The van der Waals surface area contributed by atoms with Gasteiger partial charge < -0.3 is 9.84 Å². The van der Waals surface area contributed by atoms with Crippen molar-refractivity contribution in [1.29, 1.82) is 0 Å². The monoisotopic (exact) mass is 466 g/mol. The molecular formula is C28H32F2N2O2. The standard InChI is InChI=1S/C28H32F2N2O2/c1-3-4-8-17-34-20(2)9-6-5-7-10-22-15-16-25(27(30)26(22)29)21-11-13-23(14-12-21)28-31-18-24(33)19-32-28/h7,10-16,18-20,33H,3-6,8-9,17H2,1-2H3/b10-7+. The van der Waals surface area contributed by atoms with Crippen LogP contribution in [0.2, 0.25) is 0 Å². The van der Waals surface area contributed by atoms with Crippen molar-refractivity contribution >= 4 is 6.08 Å². The fourth-order valence-electron chi connectivity index (χ4n) is 3.64. The Kier molecular flexibility index (Phi) is 9.71. The second-order valence-electron chi connectivity index (χ2n) is 8.39. The SMILES string of the molecule is CCCCCOC(C)CCC/C=C/c1ccc(-c2ccc(-c3ncc(O)cn3)cc2)c(F)c1F. The van der Waals surface area contributed by atoms with E-state index in [2.05, 4.69) is 23.8 Å². The summed E-state index contributed by atoms with van der Waals surface area (Å²) in [6, 6.07) is 10.1. The van der Waals surface area contributed by atoms with Crippen LogP contribution in [0, 0.1) is 11.6 Å². The van der Waals surface area contributed by atoms with E-state index in [0.717, 1.165) is 32.3 Å². The number of aromatic nitrogens is 2. The van der Waals surface area contributed by atoms with Gasteiger partial charge in [0.05, 0.1) is 18.5 Å². The van der Waals surface area contributed by atoms with Crippen LogP contribution in [0.15, 0.2) is 54.9 Å². The lowest BCUT2D eigenvalue weighted by Gasteiger charge is -2.12. The molecule has 3 aromatic rings. The van der Waals surface area contributed by atoms with E-state index in [1.165, 1.54) is 25.2 Å². The topological polar surface area (TPSA) is 55.2 Å². The molecule has 1 N–H and O–H groups in total. The number of unbranched alkanes of at least 4 members (excludes halogenated alkanes) is 3. The number of nitrogens with zero attached hydrogens (tertiary/aromatic N) is 2. The molecule has 34 heavy (non-hydrogen) atoms. The number of hydrogen-bond donors (Lipinski definition) is 1. The Hall–Kier alpha value is -3.12. The predicted octanol–water partition coefficient (Wildman–Crippen LogP) is 7.57. The normalized spacial score (nSPS) is 12.4. The van der Waals surface area contributed by atoms with Crippen molar-refractivity contribution in [2.45, 2.75) is 58.5 Å². The molecule has 0 aliphatic carbocycles. The van der Waals surface area contributed by atoms with E-state index in [-0.39, 0.29) is 23.0 Å². The summed E-state index contributed by atoms with van der Waals surface area (Å²) in [7, 11) is 0. The summed E-state index contributed by atoms with van der Waals surface area (Å²) in [5.41, 5.74) is 1.70. The van der Waals surface area contributed by atoms with Crippen molar-refractivity contribution in [3.8, 4) is 28.3 Å². The molecule has 0 saturated heterocycles. The van der Waals surface area contributed by atoms with Gasteiger partial charge in [-0.05, 0) is 38.2 Å². The van der Waals surface area contributed by atoms with Crippen LogP contribution in [0.1, 0.15) is 57.9 Å². The van der Waals surface area contributed by atoms with Crippen molar-refractivity contribution in [2.24, 2.45) is 0 Å². The molecule has 1 heterocycles. The predicted molar refractivity (Wildman–Crippen MR) is 132 cm³/mol. The van der Waals surface area contributed by atoms with Crippen LogP contribution >= 0.6 is 0 Å². The number of halogens is 2. The summed E-state index contributed by atoms with van der Waals surface area (Å²) >= 11 is 0. The Morgan fingerprint density at radius 2 is 1.65 bits per heavy atom. The first-order chi connectivity index (χ1) is 16.5. The van der Waals surface area contributed by atoms with Gasteiger partial charge in [0.2, 0.25) is 0 Å². The molecule has 0 amide bonds. The molecule has 0 aliphatic heterocycles. The van der Waals surface area contributed by atoms with Crippen molar-refractivity contribution in [3.05, 3.63) is 72.1 Å². The summed E-state index contributed by atoms with van der Waals surface area (Å²) in [6.45, 7) is 5.05. The Labute approximate surface area is 200 Å². The lowest BCUT2D eigenvalue weighted by atomic mass is 10.0. The molecule has 6 heteroatoms. The molecule has 4 nitrogen and oxygen atoms in total. The Morgan fingerprint density at radius 1 is 0.941 bits per heavy atom. The fourth-order valence-corrected chi connectivity index (χ4v) is 3.64. The molecule has 0 radical (unpaired) electrons. The zero-order valence-electron chi connectivity index (χ0n) is 19.8. The van der Waals surface area contributed by atoms with Gasteiger partial charge in [0.15, 0.2) is 23.2 Å². The van der Waals surface area contributed by atoms with Gasteiger partial charge in [0.1, 0.15) is 0 Å².